The van der Waals surface area contributed by atoms with Gasteiger partial charge in [0.05, 0.1) is 18.3 Å². The summed E-state index contributed by atoms with van der Waals surface area (Å²) in [7, 11) is 1.58. The van der Waals surface area contributed by atoms with Crippen molar-refractivity contribution in [3.8, 4) is 0 Å². The average Bonchev–Trinajstić information content (AvgIpc) is 3.13. The Morgan fingerprint density at radius 1 is 1.32 bits per heavy atom. The zero-order chi connectivity index (χ0) is 20.1. The van der Waals surface area contributed by atoms with Crippen molar-refractivity contribution in [3.05, 3.63) is 35.4 Å². The second-order valence-electron chi connectivity index (χ2n) is 9.22. The summed E-state index contributed by atoms with van der Waals surface area (Å²) in [5, 5.41) is 3.26. The standard InChI is InChI=1S/C22H29F2NO3/c1-21(2)13-11-14-19(18-15(23)5-4-6-16(18)24)28-10-8-22(14,12-13)20(21)25-17(26)7-9-27-3/h4-6,13-14,19-20H,7-12H2,1-3H3,(H,25,26)/t13-,14-,19+,20-,22?/m1/s1. The molecular formula is C22H29F2NO3. The van der Waals surface area contributed by atoms with Gasteiger partial charge in [-0.2, -0.15) is 0 Å². The molecule has 28 heavy (non-hydrogen) atoms. The minimum absolute atomic E-state index is 0.00148. The van der Waals surface area contributed by atoms with Crippen LogP contribution in [-0.2, 0) is 14.3 Å². The van der Waals surface area contributed by atoms with Crippen LogP contribution in [0.1, 0.15) is 51.2 Å². The fraction of sp³-hybridized carbons (Fsp3) is 0.682. The van der Waals surface area contributed by atoms with Gasteiger partial charge in [-0.05, 0) is 54.1 Å². The maximum atomic E-state index is 14.5. The van der Waals surface area contributed by atoms with Crippen molar-refractivity contribution >= 4 is 5.91 Å². The fourth-order valence-electron chi connectivity index (χ4n) is 6.28. The van der Waals surface area contributed by atoms with Gasteiger partial charge in [-0.3, -0.25) is 4.79 Å². The van der Waals surface area contributed by atoms with Crippen LogP contribution in [0.3, 0.4) is 0 Å². The lowest BCUT2D eigenvalue weighted by atomic mass is 9.58. The number of hydrogen-bond acceptors (Lipinski definition) is 3. The molecule has 1 aromatic rings. The first-order chi connectivity index (χ1) is 13.3. The Morgan fingerprint density at radius 2 is 2.04 bits per heavy atom. The van der Waals surface area contributed by atoms with E-state index in [-0.39, 0.29) is 34.3 Å². The van der Waals surface area contributed by atoms with Crippen LogP contribution in [0.25, 0.3) is 0 Å². The number of carbonyl (C=O) groups is 1. The monoisotopic (exact) mass is 393 g/mol. The van der Waals surface area contributed by atoms with Crippen LogP contribution in [-0.4, -0.2) is 32.3 Å². The van der Waals surface area contributed by atoms with Gasteiger partial charge in [0.2, 0.25) is 5.91 Å². The molecule has 0 aromatic heterocycles. The average molecular weight is 393 g/mol. The fourth-order valence-corrected chi connectivity index (χ4v) is 6.28. The van der Waals surface area contributed by atoms with E-state index in [0.29, 0.717) is 25.6 Å². The third-order valence-corrected chi connectivity index (χ3v) is 7.63. The first kappa shape index (κ1) is 19.8. The molecule has 1 aliphatic heterocycles. The number of hydrogen-bond donors (Lipinski definition) is 1. The zero-order valence-electron chi connectivity index (χ0n) is 16.8. The quantitative estimate of drug-likeness (QED) is 0.823. The molecule has 1 aromatic carbocycles. The maximum Gasteiger partial charge on any atom is 0.222 e. The second kappa shape index (κ2) is 7.06. The van der Waals surface area contributed by atoms with Gasteiger partial charge in [0, 0.05) is 26.2 Å². The number of carbonyl (C=O) groups excluding carboxylic acids is 1. The van der Waals surface area contributed by atoms with Gasteiger partial charge in [0.15, 0.2) is 0 Å². The van der Waals surface area contributed by atoms with E-state index in [0.717, 1.165) is 19.3 Å². The SMILES string of the molecule is COCCC(=O)N[C@@H]1C(C)(C)[C@@H]2C[C@@H]3[C@@H](c4c(F)cccc4F)OCCC31C2. The lowest BCUT2D eigenvalue weighted by Crippen LogP contribution is -2.59. The molecule has 154 valence electrons. The summed E-state index contributed by atoms with van der Waals surface area (Å²) in [4.78, 5) is 12.5. The number of halogens is 2. The highest BCUT2D eigenvalue weighted by Gasteiger charge is 2.68. The summed E-state index contributed by atoms with van der Waals surface area (Å²) < 4.78 is 40.0. The van der Waals surface area contributed by atoms with E-state index < -0.39 is 17.7 Å². The molecule has 4 rings (SSSR count). The van der Waals surface area contributed by atoms with Crippen molar-refractivity contribution in [2.24, 2.45) is 22.7 Å². The van der Waals surface area contributed by atoms with E-state index in [1.807, 2.05) is 0 Å². The Labute approximate surface area is 165 Å². The number of methoxy groups -OCH3 is 1. The molecule has 6 heteroatoms. The molecule has 3 fully saturated rings. The molecule has 2 bridgehead atoms. The Morgan fingerprint density at radius 3 is 2.71 bits per heavy atom. The van der Waals surface area contributed by atoms with Crippen LogP contribution < -0.4 is 5.32 Å². The van der Waals surface area contributed by atoms with E-state index in [1.165, 1.54) is 18.2 Å². The van der Waals surface area contributed by atoms with E-state index in [2.05, 4.69) is 19.2 Å². The number of fused-ring (bicyclic) bond motifs is 1. The third kappa shape index (κ3) is 2.88. The second-order valence-corrected chi connectivity index (χ2v) is 9.22. The molecule has 1 saturated heterocycles. The molecule has 1 heterocycles. The smallest absolute Gasteiger partial charge is 0.222 e. The van der Waals surface area contributed by atoms with Crippen LogP contribution in [0.4, 0.5) is 8.78 Å². The summed E-state index contributed by atoms with van der Waals surface area (Å²) in [6.45, 7) is 5.24. The van der Waals surface area contributed by atoms with Crippen molar-refractivity contribution in [3.63, 3.8) is 0 Å². The van der Waals surface area contributed by atoms with Crippen LogP contribution in [0.2, 0.25) is 0 Å². The van der Waals surface area contributed by atoms with Gasteiger partial charge in [0.25, 0.3) is 0 Å². The summed E-state index contributed by atoms with van der Waals surface area (Å²) in [6.07, 6.45) is 2.36. The molecule has 2 saturated carbocycles. The number of ether oxygens (including phenoxy) is 2. The third-order valence-electron chi connectivity index (χ3n) is 7.63. The minimum atomic E-state index is -0.602. The maximum absolute atomic E-state index is 14.5. The predicted octanol–water partition coefficient (Wildman–Crippen LogP) is 4.00. The van der Waals surface area contributed by atoms with Crippen molar-refractivity contribution in [2.75, 3.05) is 20.3 Å². The van der Waals surface area contributed by atoms with Crippen molar-refractivity contribution in [1.29, 1.82) is 0 Å². The van der Waals surface area contributed by atoms with Crippen LogP contribution in [0, 0.1) is 34.3 Å². The Kier molecular flexibility index (Phi) is 4.99. The molecule has 0 radical (unpaired) electrons. The first-order valence-corrected chi connectivity index (χ1v) is 10.1. The van der Waals surface area contributed by atoms with Crippen molar-refractivity contribution in [1.82, 2.24) is 5.32 Å². The Balaban J connectivity index is 1.67. The van der Waals surface area contributed by atoms with Crippen LogP contribution in [0.5, 0.6) is 0 Å². The largest absolute Gasteiger partial charge is 0.384 e. The molecule has 5 atom stereocenters. The number of benzene rings is 1. The summed E-state index contributed by atoms with van der Waals surface area (Å²) >= 11 is 0. The van der Waals surface area contributed by atoms with E-state index in [1.54, 1.807) is 7.11 Å². The van der Waals surface area contributed by atoms with Gasteiger partial charge < -0.3 is 14.8 Å². The normalized spacial score (nSPS) is 35.6. The minimum Gasteiger partial charge on any atom is -0.384 e. The van der Waals surface area contributed by atoms with Gasteiger partial charge in [-0.15, -0.1) is 0 Å². The van der Waals surface area contributed by atoms with E-state index in [9.17, 15) is 13.6 Å². The van der Waals surface area contributed by atoms with Crippen LogP contribution in [0.15, 0.2) is 18.2 Å². The zero-order valence-corrected chi connectivity index (χ0v) is 16.8. The number of amides is 1. The molecule has 1 unspecified atom stereocenters. The van der Waals surface area contributed by atoms with Crippen molar-refractivity contribution in [2.45, 2.75) is 51.7 Å². The lowest BCUT2D eigenvalue weighted by molar-refractivity contribution is -0.138. The molecule has 3 aliphatic rings. The molecule has 4 nitrogen and oxygen atoms in total. The number of nitrogens with one attached hydrogen (secondary N) is 1. The Bertz CT molecular complexity index is 748. The molecule has 2 aliphatic carbocycles. The highest BCUT2D eigenvalue weighted by molar-refractivity contribution is 5.76. The molecule has 1 spiro atoms. The Hall–Kier alpha value is -1.53. The first-order valence-electron chi connectivity index (χ1n) is 10.1. The highest BCUT2D eigenvalue weighted by atomic mass is 19.1. The summed E-state index contributed by atoms with van der Waals surface area (Å²) in [5.41, 5.74) is -0.204. The molecular weight excluding hydrogens is 364 g/mol. The summed E-state index contributed by atoms with van der Waals surface area (Å²) in [5.74, 6) is -0.738. The van der Waals surface area contributed by atoms with Gasteiger partial charge in [-0.25, -0.2) is 8.78 Å². The van der Waals surface area contributed by atoms with Crippen molar-refractivity contribution < 1.29 is 23.0 Å². The van der Waals surface area contributed by atoms with Crippen LogP contribution >= 0.6 is 0 Å². The topological polar surface area (TPSA) is 47.6 Å². The predicted molar refractivity (Wildman–Crippen MR) is 101 cm³/mol. The van der Waals surface area contributed by atoms with Gasteiger partial charge >= 0.3 is 0 Å². The summed E-state index contributed by atoms with van der Waals surface area (Å²) in [6, 6.07) is 3.94. The lowest BCUT2D eigenvalue weighted by Gasteiger charge is -2.53. The van der Waals surface area contributed by atoms with E-state index in [4.69, 9.17) is 9.47 Å². The highest BCUT2D eigenvalue weighted by Crippen LogP contribution is 2.70. The van der Waals surface area contributed by atoms with Gasteiger partial charge in [-0.1, -0.05) is 19.9 Å². The van der Waals surface area contributed by atoms with Gasteiger partial charge in [0.1, 0.15) is 11.6 Å². The van der Waals surface area contributed by atoms with E-state index >= 15 is 0 Å². The number of rotatable bonds is 5. The molecule has 1 amide bonds. The molecule has 1 N–H and O–H groups in total.